The minimum Gasteiger partial charge on any atom is -0.299 e. The van der Waals surface area contributed by atoms with E-state index in [4.69, 9.17) is 0 Å². The Bertz CT molecular complexity index is 902. The maximum atomic E-state index is 12.5. The van der Waals surface area contributed by atoms with Crippen molar-refractivity contribution >= 4 is 16.6 Å². The van der Waals surface area contributed by atoms with Gasteiger partial charge in [-0.1, -0.05) is 55.8 Å². The number of hydrogen-bond acceptors (Lipinski definition) is 1. The molecule has 2 unspecified atom stereocenters. The Hall–Kier alpha value is -1.89. The molecule has 0 aliphatic heterocycles. The lowest BCUT2D eigenvalue weighted by Gasteiger charge is -2.41. The fourth-order valence-electron chi connectivity index (χ4n) is 5.48. The van der Waals surface area contributed by atoms with Gasteiger partial charge in [0.1, 0.15) is 5.78 Å². The van der Waals surface area contributed by atoms with Crippen LogP contribution in [0, 0.1) is 5.92 Å². The van der Waals surface area contributed by atoms with Crippen molar-refractivity contribution in [1.82, 2.24) is 0 Å². The van der Waals surface area contributed by atoms with E-state index in [1.54, 1.807) is 5.57 Å². The molecule has 0 aromatic heterocycles. The summed E-state index contributed by atoms with van der Waals surface area (Å²) in [5.74, 6) is 1.64. The second kappa shape index (κ2) is 4.81. The number of carbonyl (C=O) groups excluding carboxylic acids is 1. The number of rotatable bonds is 1. The Labute approximate surface area is 143 Å². The summed E-state index contributed by atoms with van der Waals surface area (Å²) in [6.45, 7) is 4.50. The van der Waals surface area contributed by atoms with Crippen LogP contribution in [0.5, 0.6) is 0 Å². The number of hydrogen-bond donors (Lipinski definition) is 0. The molecule has 2 aromatic rings. The van der Waals surface area contributed by atoms with E-state index in [1.807, 2.05) is 0 Å². The molecule has 1 spiro atoms. The monoisotopic (exact) mass is 316 g/mol. The summed E-state index contributed by atoms with van der Waals surface area (Å²) in [6, 6.07) is 11.6. The summed E-state index contributed by atoms with van der Waals surface area (Å²) in [5.41, 5.74) is 5.89. The van der Waals surface area contributed by atoms with E-state index < -0.39 is 0 Å². The van der Waals surface area contributed by atoms with Crippen LogP contribution in [0.2, 0.25) is 0 Å². The Morgan fingerprint density at radius 3 is 2.67 bits per heavy atom. The van der Waals surface area contributed by atoms with Crippen molar-refractivity contribution in [3.05, 3.63) is 58.7 Å². The number of fused-ring (bicyclic) bond motifs is 6. The first kappa shape index (κ1) is 14.5. The number of carbonyl (C=O) groups is 1. The summed E-state index contributed by atoms with van der Waals surface area (Å²) in [7, 11) is 0. The molecule has 3 aliphatic carbocycles. The number of Topliss-reactive ketones (excluding diaryl/α,β-unsaturated/α-hetero) is 1. The van der Waals surface area contributed by atoms with Crippen molar-refractivity contribution < 1.29 is 4.79 Å². The van der Waals surface area contributed by atoms with Gasteiger partial charge in [0.2, 0.25) is 0 Å². The second-order valence-electron chi connectivity index (χ2n) is 8.49. The van der Waals surface area contributed by atoms with Crippen molar-refractivity contribution in [3.8, 4) is 0 Å². The van der Waals surface area contributed by atoms with Crippen LogP contribution in [0.15, 0.2) is 42.0 Å². The highest BCUT2D eigenvalue weighted by Gasteiger charge is 2.51. The van der Waals surface area contributed by atoms with Crippen LogP contribution in [0.4, 0.5) is 0 Å². The molecule has 1 heteroatoms. The molecule has 2 aromatic carbocycles. The van der Waals surface area contributed by atoms with Gasteiger partial charge in [-0.3, -0.25) is 4.79 Å². The minimum atomic E-state index is 0.108. The van der Waals surface area contributed by atoms with E-state index in [1.165, 1.54) is 40.3 Å². The van der Waals surface area contributed by atoms with Gasteiger partial charge in [0.25, 0.3) is 0 Å². The van der Waals surface area contributed by atoms with Crippen LogP contribution in [0.3, 0.4) is 0 Å². The predicted octanol–water partition coefficient (Wildman–Crippen LogP) is 5.46. The Morgan fingerprint density at radius 1 is 1.08 bits per heavy atom. The van der Waals surface area contributed by atoms with Gasteiger partial charge in [-0.25, -0.2) is 0 Å². The van der Waals surface area contributed by atoms with E-state index in [9.17, 15) is 4.79 Å². The zero-order valence-corrected chi connectivity index (χ0v) is 14.6. The fourth-order valence-corrected chi connectivity index (χ4v) is 5.48. The molecule has 0 saturated heterocycles. The molecule has 2 bridgehead atoms. The van der Waals surface area contributed by atoms with Gasteiger partial charge in [0.15, 0.2) is 0 Å². The molecule has 0 radical (unpaired) electrons. The van der Waals surface area contributed by atoms with Crippen molar-refractivity contribution in [2.45, 2.75) is 57.3 Å². The highest BCUT2D eigenvalue weighted by molar-refractivity contribution is 5.91. The molecule has 5 rings (SSSR count). The van der Waals surface area contributed by atoms with Crippen LogP contribution < -0.4 is 0 Å². The largest absolute Gasteiger partial charge is 0.299 e. The van der Waals surface area contributed by atoms with Crippen molar-refractivity contribution in [3.63, 3.8) is 0 Å². The lowest BCUT2D eigenvalue weighted by atomic mass is 9.62. The normalized spacial score (nSPS) is 28.0. The van der Waals surface area contributed by atoms with E-state index in [2.05, 4.69) is 50.3 Å². The van der Waals surface area contributed by atoms with E-state index in [-0.39, 0.29) is 5.41 Å². The van der Waals surface area contributed by atoms with Gasteiger partial charge in [-0.05, 0) is 58.6 Å². The van der Waals surface area contributed by atoms with E-state index >= 15 is 0 Å². The van der Waals surface area contributed by atoms with E-state index in [0.29, 0.717) is 24.0 Å². The third-order valence-electron chi connectivity index (χ3n) is 6.71. The summed E-state index contributed by atoms with van der Waals surface area (Å²) < 4.78 is 0. The van der Waals surface area contributed by atoms with Crippen LogP contribution in [-0.2, 0) is 16.6 Å². The number of benzene rings is 2. The maximum Gasteiger partial charge on any atom is 0.138 e. The van der Waals surface area contributed by atoms with Crippen LogP contribution in [0.1, 0.15) is 62.1 Å². The van der Waals surface area contributed by atoms with Gasteiger partial charge < -0.3 is 0 Å². The highest BCUT2D eigenvalue weighted by Crippen LogP contribution is 2.58. The molecule has 0 N–H and O–H groups in total. The summed E-state index contributed by atoms with van der Waals surface area (Å²) >= 11 is 0. The number of allylic oxidation sites excluding steroid dienone is 2. The van der Waals surface area contributed by atoms with Gasteiger partial charge in [0.05, 0.1) is 0 Å². The average molecular weight is 316 g/mol. The Balaban J connectivity index is 1.74. The van der Waals surface area contributed by atoms with Crippen LogP contribution >= 0.6 is 0 Å². The molecular weight excluding hydrogens is 292 g/mol. The highest BCUT2D eigenvalue weighted by atomic mass is 16.1. The van der Waals surface area contributed by atoms with Crippen molar-refractivity contribution in [2.24, 2.45) is 5.92 Å². The quantitative estimate of drug-likeness (QED) is 0.639. The molecule has 0 amide bonds. The van der Waals surface area contributed by atoms with Gasteiger partial charge in [-0.15, -0.1) is 0 Å². The average Bonchev–Trinajstić information content (AvgIpc) is 3.14. The van der Waals surface area contributed by atoms with Crippen LogP contribution in [-0.4, -0.2) is 5.78 Å². The first-order valence-corrected chi connectivity index (χ1v) is 9.32. The van der Waals surface area contributed by atoms with Gasteiger partial charge in [0, 0.05) is 18.3 Å². The molecule has 1 saturated carbocycles. The molecule has 1 fully saturated rings. The molecule has 3 aliphatic rings. The molecule has 0 heterocycles. The van der Waals surface area contributed by atoms with Crippen molar-refractivity contribution in [2.75, 3.05) is 0 Å². The standard InChI is InChI=1S/C23H24O/c1-14(2)16-4-5-17-9-19-10-21(24)13-23(22(19)11-18(17)8-16)12-15-3-6-20(23)7-15/h3-5,8-9,11,14,20H,6-7,10,12-13H2,1-2H3. The Morgan fingerprint density at radius 2 is 1.96 bits per heavy atom. The Kier molecular flexibility index (Phi) is 2.90. The zero-order chi connectivity index (χ0) is 16.5. The molecule has 1 nitrogen and oxygen atoms in total. The van der Waals surface area contributed by atoms with Crippen molar-refractivity contribution in [1.29, 1.82) is 0 Å². The lowest BCUT2D eigenvalue weighted by Crippen LogP contribution is -2.39. The topological polar surface area (TPSA) is 17.1 Å². The second-order valence-corrected chi connectivity index (χ2v) is 8.49. The molecule has 24 heavy (non-hydrogen) atoms. The maximum absolute atomic E-state index is 12.5. The SMILES string of the molecule is CC(C)c1ccc2cc3c(cc2c1)C1(CC(=O)C3)CC2=CCC1C2. The lowest BCUT2D eigenvalue weighted by molar-refractivity contribution is -0.120. The van der Waals surface area contributed by atoms with Crippen LogP contribution in [0.25, 0.3) is 10.8 Å². The third-order valence-corrected chi connectivity index (χ3v) is 6.71. The zero-order valence-electron chi connectivity index (χ0n) is 14.6. The summed E-state index contributed by atoms with van der Waals surface area (Å²) in [5, 5.41) is 2.63. The molecular formula is C23H24O. The summed E-state index contributed by atoms with van der Waals surface area (Å²) in [4.78, 5) is 12.5. The van der Waals surface area contributed by atoms with Gasteiger partial charge in [-0.2, -0.15) is 0 Å². The third kappa shape index (κ3) is 1.90. The minimum absolute atomic E-state index is 0.108. The first-order valence-electron chi connectivity index (χ1n) is 9.32. The summed E-state index contributed by atoms with van der Waals surface area (Å²) in [6.07, 6.45) is 7.32. The smallest absolute Gasteiger partial charge is 0.138 e. The molecule has 2 atom stereocenters. The predicted molar refractivity (Wildman–Crippen MR) is 98.5 cm³/mol. The molecule has 122 valence electrons. The van der Waals surface area contributed by atoms with Gasteiger partial charge >= 0.3 is 0 Å². The number of ketones is 1. The van der Waals surface area contributed by atoms with E-state index in [0.717, 1.165) is 12.8 Å². The first-order chi connectivity index (χ1) is 11.5. The fraction of sp³-hybridized carbons (Fsp3) is 0.435.